The van der Waals surface area contributed by atoms with Gasteiger partial charge in [-0.15, -0.1) is 0 Å². The first-order valence-electron chi connectivity index (χ1n) is 18.7. The lowest BCUT2D eigenvalue weighted by molar-refractivity contribution is -0.170. The van der Waals surface area contributed by atoms with Crippen LogP contribution in [0, 0.1) is 0 Å². The molecule has 58 heavy (non-hydrogen) atoms. The van der Waals surface area contributed by atoms with Gasteiger partial charge in [-0.3, -0.25) is 19.4 Å². The number of likely N-dealkylation sites (N-methyl/N-ethyl adjacent to an activating group) is 2. The SMILES string of the molecule is COc1cc2c3cc1Oc1c(OC)c(OC)cc4c1[C@@H](Cc1ccc(O)c(c1)Oc1ccc(cc1)C[C@@H]3N(C)CC2)N(C)CC4.O=C(O)CC(O)(CC(=O)O)C(=O)O. The molecule has 0 aliphatic carbocycles. The third-order valence-electron chi connectivity index (χ3n) is 10.9. The Bertz CT molecular complexity index is 2170. The third-order valence-corrected chi connectivity index (χ3v) is 10.9. The molecule has 0 fully saturated rings. The number of aliphatic carboxylic acids is 3. The van der Waals surface area contributed by atoms with Crippen molar-refractivity contribution in [2.45, 2.75) is 56.2 Å². The standard InChI is InChI=1S/C37H40N2O6.C6H8O7/c1-38-14-12-24-19-32(41-3)33-21-27(24)28(38)16-22-6-9-26(10-7-22)44-31-18-23(8-11-30(31)40)17-29-35-25(13-15-39(29)2)20-34(42-4)36(43-5)37(35)45-33;7-3(8)1-6(13,5(11)12)2-4(9)10/h6-11,18-21,28-29,40H,12-17H2,1-5H3;13H,1-2H2,(H,7,8)(H,9,10)(H,11,12)/t28-,29+;/m0./s1. The normalized spacial score (nSPS) is 17.5. The van der Waals surface area contributed by atoms with Crippen molar-refractivity contribution in [1.29, 1.82) is 0 Å². The van der Waals surface area contributed by atoms with Gasteiger partial charge in [0.1, 0.15) is 5.75 Å². The highest BCUT2D eigenvalue weighted by Crippen LogP contribution is 2.52. The molecule has 0 unspecified atom stereocenters. The lowest BCUT2D eigenvalue weighted by Gasteiger charge is -2.37. The number of aliphatic hydroxyl groups is 1. The largest absolute Gasteiger partial charge is 0.504 e. The number of carbonyl (C=O) groups is 3. The summed E-state index contributed by atoms with van der Waals surface area (Å²) >= 11 is 0. The minimum Gasteiger partial charge on any atom is -0.504 e. The average Bonchev–Trinajstić information content (AvgIpc) is 3.17. The quantitative estimate of drug-likeness (QED) is 0.147. The Morgan fingerprint density at radius 3 is 1.91 bits per heavy atom. The second-order valence-corrected chi connectivity index (χ2v) is 14.7. The van der Waals surface area contributed by atoms with Crippen molar-refractivity contribution in [3.63, 3.8) is 0 Å². The summed E-state index contributed by atoms with van der Waals surface area (Å²) in [6, 6.07) is 20.3. The van der Waals surface area contributed by atoms with Gasteiger partial charge >= 0.3 is 17.9 Å². The molecule has 308 valence electrons. The molecule has 4 heterocycles. The molecule has 8 rings (SSSR count). The lowest BCUT2D eigenvalue weighted by Crippen LogP contribution is -2.42. The number of benzene rings is 4. The van der Waals surface area contributed by atoms with E-state index in [-0.39, 0.29) is 17.8 Å². The molecule has 4 aliphatic heterocycles. The third kappa shape index (κ3) is 8.76. The van der Waals surface area contributed by atoms with Gasteiger partial charge in [0.2, 0.25) is 5.75 Å². The van der Waals surface area contributed by atoms with E-state index >= 15 is 0 Å². The fraction of sp³-hybridized carbons (Fsp3) is 0.372. The summed E-state index contributed by atoms with van der Waals surface area (Å²) in [5.74, 6) is -0.646. The predicted molar refractivity (Wildman–Crippen MR) is 210 cm³/mol. The van der Waals surface area contributed by atoms with Gasteiger partial charge in [-0.25, -0.2) is 4.79 Å². The molecular formula is C43H48N2O13. The van der Waals surface area contributed by atoms with Gasteiger partial charge in [-0.1, -0.05) is 18.2 Å². The monoisotopic (exact) mass is 800 g/mol. The van der Waals surface area contributed by atoms with Crippen LogP contribution in [0.2, 0.25) is 0 Å². The van der Waals surface area contributed by atoms with E-state index in [1.54, 1.807) is 27.4 Å². The number of carboxylic acid groups (broad SMARTS) is 3. The van der Waals surface area contributed by atoms with Crippen LogP contribution in [0.4, 0.5) is 0 Å². The van der Waals surface area contributed by atoms with E-state index in [4.69, 9.17) is 44.1 Å². The number of aromatic hydroxyl groups is 1. The predicted octanol–water partition coefficient (Wildman–Crippen LogP) is 5.61. The van der Waals surface area contributed by atoms with E-state index in [0.29, 0.717) is 46.7 Å². The number of phenolic OH excluding ortho intramolecular Hbond substituents is 1. The van der Waals surface area contributed by atoms with Gasteiger partial charge in [0, 0.05) is 30.7 Å². The number of fused-ring (bicyclic) bond motifs is 2. The van der Waals surface area contributed by atoms with Crippen molar-refractivity contribution in [3.8, 4) is 46.0 Å². The highest BCUT2D eigenvalue weighted by molar-refractivity contribution is 5.88. The van der Waals surface area contributed by atoms with Crippen molar-refractivity contribution in [2.75, 3.05) is 48.5 Å². The highest BCUT2D eigenvalue weighted by atomic mass is 16.5. The van der Waals surface area contributed by atoms with Crippen molar-refractivity contribution in [1.82, 2.24) is 9.80 Å². The fourth-order valence-electron chi connectivity index (χ4n) is 7.83. The number of carboxylic acids is 3. The number of ether oxygens (including phenoxy) is 5. The van der Waals surface area contributed by atoms with Crippen molar-refractivity contribution < 1.29 is 63.6 Å². The second-order valence-electron chi connectivity index (χ2n) is 14.7. The summed E-state index contributed by atoms with van der Waals surface area (Å²) in [4.78, 5) is 35.2. The molecule has 0 aromatic heterocycles. The summed E-state index contributed by atoms with van der Waals surface area (Å²) in [5.41, 5.74) is 4.19. The number of phenols is 1. The number of hydrogen-bond acceptors (Lipinski definition) is 12. The zero-order valence-corrected chi connectivity index (χ0v) is 33.0. The first-order chi connectivity index (χ1) is 27.6. The molecular weight excluding hydrogens is 752 g/mol. The minimum absolute atomic E-state index is 0.0402. The first-order valence-corrected chi connectivity index (χ1v) is 18.7. The number of rotatable bonds is 8. The summed E-state index contributed by atoms with van der Waals surface area (Å²) in [5, 5.41) is 44.6. The fourth-order valence-corrected chi connectivity index (χ4v) is 7.83. The summed E-state index contributed by atoms with van der Waals surface area (Å²) in [6.45, 7) is 1.82. The Labute approximate surface area is 335 Å². The Morgan fingerprint density at radius 1 is 0.724 bits per heavy atom. The van der Waals surface area contributed by atoms with E-state index in [1.165, 1.54) is 16.7 Å². The lowest BCUT2D eigenvalue weighted by atomic mass is 9.87. The summed E-state index contributed by atoms with van der Waals surface area (Å²) in [7, 11) is 9.33. The topological polar surface area (TPSA) is 205 Å². The van der Waals surface area contributed by atoms with Crippen LogP contribution < -0.4 is 23.7 Å². The molecule has 2 atom stereocenters. The number of methoxy groups -OCH3 is 3. The molecule has 0 saturated heterocycles. The van der Waals surface area contributed by atoms with Gasteiger partial charge < -0.3 is 49.2 Å². The molecule has 6 bridgehead atoms. The van der Waals surface area contributed by atoms with Gasteiger partial charge in [-0.2, -0.15) is 0 Å². The van der Waals surface area contributed by atoms with Crippen LogP contribution in [-0.4, -0.2) is 107 Å². The molecule has 0 radical (unpaired) electrons. The maximum atomic E-state index is 10.7. The molecule has 4 aromatic rings. The van der Waals surface area contributed by atoms with E-state index in [2.05, 4.69) is 54.2 Å². The number of hydrogen-bond donors (Lipinski definition) is 5. The molecule has 4 aliphatic rings. The molecule has 5 N–H and O–H groups in total. The molecule has 15 nitrogen and oxygen atoms in total. The Kier molecular flexibility index (Phi) is 12.4. The van der Waals surface area contributed by atoms with Gasteiger partial charge in [0.25, 0.3) is 0 Å². The van der Waals surface area contributed by atoms with Crippen molar-refractivity contribution in [2.24, 2.45) is 0 Å². The molecule has 15 heteroatoms. The van der Waals surface area contributed by atoms with Crippen LogP contribution in [-0.2, 0) is 40.1 Å². The molecule has 0 saturated carbocycles. The maximum absolute atomic E-state index is 10.7. The molecule has 4 aromatic carbocycles. The van der Waals surface area contributed by atoms with Gasteiger partial charge in [0.15, 0.2) is 40.1 Å². The van der Waals surface area contributed by atoms with Crippen LogP contribution in [0.3, 0.4) is 0 Å². The van der Waals surface area contributed by atoms with E-state index in [1.807, 2.05) is 24.3 Å². The average molecular weight is 801 g/mol. The first kappa shape index (κ1) is 41.6. The smallest absolute Gasteiger partial charge is 0.336 e. The molecule has 0 spiro atoms. The number of nitrogens with zero attached hydrogens (tertiary/aromatic N) is 2. The Morgan fingerprint density at radius 2 is 1.31 bits per heavy atom. The summed E-state index contributed by atoms with van der Waals surface area (Å²) < 4.78 is 31.0. The van der Waals surface area contributed by atoms with Gasteiger partial charge in [0.05, 0.1) is 34.2 Å². The maximum Gasteiger partial charge on any atom is 0.336 e. The zero-order chi connectivity index (χ0) is 41.9. The van der Waals surface area contributed by atoms with Crippen molar-refractivity contribution >= 4 is 17.9 Å². The molecule has 0 amide bonds. The van der Waals surface area contributed by atoms with Crippen LogP contribution in [0.25, 0.3) is 0 Å². The Hall–Kier alpha value is -6.03. The highest BCUT2D eigenvalue weighted by Gasteiger charge is 2.41. The van der Waals surface area contributed by atoms with E-state index < -0.39 is 36.4 Å². The minimum atomic E-state index is -2.74. The van der Waals surface area contributed by atoms with Crippen LogP contribution in [0.1, 0.15) is 58.3 Å². The van der Waals surface area contributed by atoms with Crippen LogP contribution >= 0.6 is 0 Å². The van der Waals surface area contributed by atoms with E-state index in [9.17, 15) is 19.5 Å². The van der Waals surface area contributed by atoms with Crippen molar-refractivity contribution in [3.05, 3.63) is 94.0 Å². The summed E-state index contributed by atoms with van der Waals surface area (Å²) in [6.07, 6.45) is 0.966. The second kappa shape index (κ2) is 17.2. The van der Waals surface area contributed by atoms with E-state index in [0.717, 1.165) is 49.0 Å². The van der Waals surface area contributed by atoms with Gasteiger partial charge in [-0.05, 0) is 110 Å². The Balaban J connectivity index is 0.000000377. The van der Waals surface area contributed by atoms with Crippen LogP contribution in [0.5, 0.6) is 46.0 Å². The van der Waals surface area contributed by atoms with Crippen LogP contribution in [0.15, 0.2) is 60.7 Å². The zero-order valence-electron chi connectivity index (χ0n) is 33.0.